The molecule has 0 aromatic carbocycles. The van der Waals surface area contributed by atoms with Crippen molar-refractivity contribution in [3.63, 3.8) is 0 Å². The number of ether oxygens (including phenoxy) is 1. The molecule has 1 unspecified atom stereocenters. The first-order valence-corrected chi connectivity index (χ1v) is 4.92. The minimum Gasteiger partial charge on any atom is -0.392 e. The minimum absolute atomic E-state index is 0.212. The molecule has 1 rings (SSSR count). The van der Waals surface area contributed by atoms with Crippen LogP contribution in [0.1, 0.15) is 12.8 Å². The molecule has 0 saturated carbocycles. The van der Waals surface area contributed by atoms with Gasteiger partial charge in [-0.3, -0.25) is 4.90 Å². The molecule has 0 bridgehead atoms. The number of hydrogen-bond donors (Lipinski definition) is 1. The van der Waals surface area contributed by atoms with Gasteiger partial charge in [0.1, 0.15) is 0 Å². The van der Waals surface area contributed by atoms with Gasteiger partial charge in [-0.1, -0.05) is 6.08 Å². The zero-order valence-electron chi connectivity index (χ0n) is 8.11. The third-order valence-electron chi connectivity index (χ3n) is 2.28. The summed E-state index contributed by atoms with van der Waals surface area (Å²) in [6.45, 7) is 7.91. The zero-order chi connectivity index (χ0) is 9.52. The Bertz CT molecular complexity index is 144. The molecular weight excluding hydrogens is 166 g/mol. The van der Waals surface area contributed by atoms with Gasteiger partial charge in [0.15, 0.2) is 0 Å². The van der Waals surface area contributed by atoms with Gasteiger partial charge in [0, 0.05) is 19.6 Å². The van der Waals surface area contributed by atoms with Crippen molar-refractivity contribution >= 4 is 0 Å². The quantitative estimate of drug-likeness (QED) is 0.638. The zero-order valence-corrected chi connectivity index (χ0v) is 8.11. The van der Waals surface area contributed by atoms with Crippen molar-refractivity contribution in [2.75, 3.05) is 32.8 Å². The molecule has 0 aromatic heterocycles. The highest BCUT2D eigenvalue weighted by Crippen LogP contribution is 2.03. The molecule has 0 aliphatic carbocycles. The van der Waals surface area contributed by atoms with Gasteiger partial charge < -0.3 is 9.84 Å². The fourth-order valence-electron chi connectivity index (χ4n) is 1.48. The number of morpholine rings is 1. The monoisotopic (exact) mass is 185 g/mol. The first-order valence-electron chi connectivity index (χ1n) is 4.92. The molecule has 13 heavy (non-hydrogen) atoms. The number of nitrogens with zero attached hydrogens (tertiary/aromatic N) is 1. The molecule has 1 atom stereocenters. The van der Waals surface area contributed by atoms with Gasteiger partial charge in [0.2, 0.25) is 0 Å². The number of hydrogen-bond acceptors (Lipinski definition) is 3. The number of rotatable bonds is 5. The summed E-state index contributed by atoms with van der Waals surface area (Å²) in [7, 11) is 0. The maximum absolute atomic E-state index is 9.60. The third kappa shape index (κ3) is 4.41. The molecule has 76 valence electrons. The Balaban J connectivity index is 2.10. The van der Waals surface area contributed by atoms with Crippen LogP contribution in [-0.2, 0) is 4.74 Å². The second kappa shape index (κ2) is 6.13. The van der Waals surface area contributed by atoms with Crippen LogP contribution >= 0.6 is 0 Å². The van der Waals surface area contributed by atoms with Crippen molar-refractivity contribution in [3.05, 3.63) is 12.7 Å². The number of aliphatic hydroxyl groups is 1. The minimum atomic E-state index is -0.212. The lowest BCUT2D eigenvalue weighted by atomic mass is 10.2. The molecule has 3 heteroatoms. The Morgan fingerprint density at radius 3 is 2.77 bits per heavy atom. The fourth-order valence-corrected chi connectivity index (χ4v) is 1.48. The molecule has 1 heterocycles. The van der Waals surface area contributed by atoms with Crippen LogP contribution in [-0.4, -0.2) is 49.0 Å². The second-order valence-corrected chi connectivity index (χ2v) is 3.43. The third-order valence-corrected chi connectivity index (χ3v) is 2.28. The predicted octanol–water partition coefficient (Wildman–Crippen LogP) is 0.646. The molecule has 1 N–H and O–H groups in total. The molecule has 0 radical (unpaired) electrons. The van der Waals surface area contributed by atoms with E-state index in [1.807, 2.05) is 6.08 Å². The van der Waals surface area contributed by atoms with Crippen molar-refractivity contribution < 1.29 is 9.84 Å². The largest absolute Gasteiger partial charge is 0.392 e. The first kappa shape index (κ1) is 10.7. The van der Waals surface area contributed by atoms with Crippen LogP contribution in [0, 0.1) is 0 Å². The fraction of sp³-hybridized carbons (Fsp3) is 0.800. The van der Waals surface area contributed by atoms with Gasteiger partial charge >= 0.3 is 0 Å². The number of allylic oxidation sites excluding steroid dienone is 1. The Morgan fingerprint density at radius 1 is 1.46 bits per heavy atom. The molecule has 1 fully saturated rings. The molecule has 0 amide bonds. The molecular formula is C10H19NO2. The summed E-state index contributed by atoms with van der Waals surface area (Å²) in [5.41, 5.74) is 0. The van der Waals surface area contributed by atoms with E-state index < -0.39 is 0 Å². The van der Waals surface area contributed by atoms with Crippen LogP contribution in [0.25, 0.3) is 0 Å². The predicted molar refractivity (Wildman–Crippen MR) is 52.7 cm³/mol. The second-order valence-electron chi connectivity index (χ2n) is 3.43. The van der Waals surface area contributed by atoms with Gasteiger partial charge in [-0.2, -0.15) is 0 Å². The summed E-state index contributed by atoms with van der Waals surface area (Å²) in [6, 6.07) is 0. The summed E-state index contributed by atoms with van der Waals surface area (Å²) in [5, 5.41) is 9.60. The number of β-amino-alcohol motifs (C(OH)–C–C–N with tert-alkyl or cyclic N) is 1. The molecule has 0 spiro atoms. The van der Waals surface area contributed by atoms with Gasteiger partial charge in [0.25, 0.3) is 0 Å². The van der Waals surface area contributed by atoms with Crippen LogP contribution in [0.5, 0.6) is 0 Å². The highest BCUT2D eigenvalue weighted by molar-refractivity contribution is 4.72. The lowest BCUT2D eigenvalue weighted by Gasteiger charge is -2.28. The summed E-state index contributed by atoms with van der Waals surface area (Å²) in [6.07, 6.45) is 3.35. The molecule has 1 saturated heterocycles. The summed E-state index contributed by atoms with van der Waals surface area (Å²) < 4.78 is 5.22. The van der Waals surface area contributed by atoms with Gasteiger partial charge in [-0.05, 0) is 12.8 Å². The average molecular weight is 185 g/mol. The van der Waals surface area contributed by atoms with E-state index >= 15 is 0 Å². The van der Waals surface area contributed by atoms with E-state index in [0.29, 0.717) is 0 Å². The van der Waals surface area contributed by atoms with E-state index in [-0.39, 0.29) is 6.10 Å². The van der Waals surface area contributed by atoms with Crippen molar-refractivity contribution in [3.8, 4) is 0 Å². The van der Waals surface area contributed by atoms with Crippen molar-refractivity contribution in [1.82, 2.24) is 4.90 Å². The normalized spacial score (nSPS) is 21.3. The van der Waals surface area contributed by atoms with Crippen LogP contribution in [0.2, 0.25) is 0 Å². The van der Waals surface area contributed by atoms with Crippen molar-refractivity contribution in [2.45, 2.75) is 18.9 Å². The van der Waals surface area contributed by atoms with Crippen LogP contribution in [0.15, 0.2) is 12.7 Å². The highest BCUT2D eigenvalue weighted by Gasteiger charge is 2.13. The first-order chi connectivity index (χ1) is 6.33. The molecule has 1 aliphatic rings. The Kier molecular flexibility index (Phi) is 5.05. The SMILES string of the molecule is C=CCCC(O)CN1CCOCC1. The van der Waals surface area contributed by atoms with E-state index in [2.05, 4.69) is 11.5 Å². The van der Waals surface area contributed by atoms with E-state index in [1.165, 1.54) is 0 Å². The maximum atomic E-state index is 9.60. The smallest absolute Gasteiger partial charge is 0.0670 e. The maximum Gasteiger partial charge on any atom is 0.0670 e. The standard InChI is InChI=1S/C10H19NO2/c1-2-3-4-10(12)9-11-5-7-13-8-6-11/h2,10,12H,1,3-9H2. The van der Waals surface area contributed by atoms with Crippen LogP contribution in [0.4, 0.5) is 0 Å². The number of aliphatic hydroxyl groups excluding tert-OH is 1. The summed E-state index contributed by atoms with van der Waals surface area (Å²) in [4.78, 5) is 2.25. The molecule has 3 nitrogen and oxygen atoms in total. The van der Waals surface area contributed by atoms with E-state index in [0.717, 1.165) is 45.7 Å². The lowest BCUT2D eigenvalue weighted by molar-refractivity contribution is 0.0134. The summed E-state index contributed by atoms with van der Waals surface area (Å²) in [5.74, 6) is 0. The Labute approximate surface area is 80.0 Å². The van der Waals surface area contributed by atoms with E-state index in [9.17, 15) is 5.11 Å². The van der Waals surface area contributed by atoms with E-state index in [4.69, 9.17) is 4.74 Å². The van der Waals surface area contributed by atoms with Crippen molar-refractivity contribution in [2.24, 2.45) is 0 Å². The highest BCUT2D eigenvalue weighted by atomic mass is 16.5. The van der Waals surface area contributed by atoms with Crippen LogP contribution in [0.3, 0.4) is 0 Å². The van der Waals surface area contributed by atoms with Gasteiger partial charge in [-0.25, -0.2) is 0 Å². The Morgan fingerprint density at radius 2 is 2.15 bits per heavy atom. The lowest BCUT2D eigenvalue weighted by Crippen LogP contribution is -2.40. The van der Waals surface area contributed by atoms with Gasteiger partial charge in [-0.15, -0.1) is 6.58 Å². The van der Waals surface area contributed by atoms with Gasteiger partial charge in [0.05, 0.1) is 19.3 Å². The molecule has 1 aliphatic heterocycles. The average Bonchev–Trinajstić information content (AvgIpc) is 2.16. The Hall–Kier alpha value is -0.380. The molecule has 0 aromatic rings. The van der Waals surface area contributed by atoms with Crippen LogP contribution < -0.4 is 0 Å². The van der Waals surface area contributed by atoms with Crippen molar-refractivity contribution in [1.29, 1.82) is 0 Å². The summed E-state index contributed by atoms with van der Waals surface area (Å²) >= 11 is 0. The topological polar surface area (TPSA) is 32.7 Å². The van der Waals surface area contributed by atoms with E-state index in [1.54, 1.807) is 0 Å².